The van der Waals surface area contributed by atoms with Crippen molar-refractivity contribution in [3.8, 4) is 0 Å². The van der Waals surface area contributed by atoms with Gasteiger partial charge in [-0.25, -0.2) is 0 Å². The molecular weight excluding hydrogens is 206 g/mol. The van der Waals surface area contributed by atoms with Crippen molar-refractivity contribution in [2.45, 2.75) is 52.0 Å². The van der Waals surface area contributed by atoms with Crippen molar-refractivity contribution < 1.29 is 0 Å². The Kier molecular flexibility index (Phi) is 4.61. The topological polar surface area (TPSA) is 12.0 Å². The van der Waals surface area contributed by atoms with Crippen molar-refractivity contribution in [3.05, 3.63) is 35.9 Å². The molecule has 1 aromatic rings. The minimum atomic E-state index is 0.533. The fourth-order valence-corrected chi connectivity index (χ4v) is 2.86. The molecule has 1 fully saturated rings. The van der Waals surface area contributed by atoms with Gasteiger partial charge in [0.15, 0.2) is 0 Å². The molecule has 0 aromatic heterocycles. The Morgan fingerprint density at radius 3 is 2.29 bits per heavy atom. The standard InChI is InChI=1S/C16H25N/c1-16(11-7-2-3-8-12-16)14-17-13-15-9-5-4-6-10-15/h4-6,9-10,17H,2-3,7-8,11-14H2,1H3. The molecule has 1 aliphatic carbocycles. The van der Waals surface area contributed by atoms with E-state index < -0.39 is 0 Å². The van der Waals surface area contributed by atoms with E-state index in [1.165, 1.54) is 50.6 Å². The third-order valence-electron chi connectivity index (χ3n) is 4.03. The van der Waals surface area contributed by atoms with E-state index in [0.717, 1.165) is 6.54 Å². The van der Waals surface area contributed by atoms with E-state index in [0.29, 0.717) is 5.41 Å². The molecule has 0 bridgehead atoms. The van der Waals surface area contributed by atoms with Crippen LogP contribution in [0.25, 0.3) is 0 Å². The lowest BCUT2D eigenvalue weighted by Gasteiger charge is -2.28. The van der Waals surface area contributed by atoms with Gasteiger partial charge in [-0.05, 0) is 23.8 Å². The molecule has 0 heterocycles. The Hall–Kier alpha value is -0.820. The first-order chi connectivity index (χ1) is 8.29. The molecule has 1 heteroatoms. The monoisotopic (exact) mass is 231 g/mol. The van der Waals surface area contributed by atoms with E-state index in [1.807, 2.05) is 0 Å². The van der Waals surface area contributed by atoms with Gasteiger partial charge in [-0.15, -0.1) is 0 Å². The molecule has 17 heavy (non-hydrogen) atoms. The van der Waals surface area contributed by atoms with Crippen molar-refractivity contribution in [1.82, 2.24) is 5.32 Å². The van der Waals surface area contributed by atoms with E-state index in [2.05, 4.69) is 42.6 Å². The summed E-state index contributed by atoms with van der Waals surface area (Å²) in [5.74, 6) is 0. The first-order valence-electron chi connectivity index (χ1n) is 7.03. The summed E-state index contributed by atoms with van der Waals surface area (Å²) in [6, 6.07) is 10.7. The van der Waals surface area contributed by atoms with Gasteiger partial charge in [0.1, 0.15) is 0 Å². The van der Waals surface area contributed by atoms with Crippen LogP contribution in [-0.2, 0) is 6.54 Å². The summed E-state index contributed by atoms with van der Waals surface area (Å²) in [5, 5.41) is 3.64. The molecule has 0 spiro atoms. The van der Waals surface area contributed by atoms with Crippen LogP contribution in [0.4, 0.5) is 0 Å². The molecule has 0 radical (unpaired) electrons. The maximum absolute atomic E-state index is 3.64. The molecule has 0 aliphatic heterocycles. The first kappa shape index (κ1) is 12.6. The molecule has 2 rings (SSSR count). The molecule has 0 unspecified atom stereocenters. The summed E-state index contributed by atoms with van der Waals surface area (Å²) in [4.78, 5) is 0. The van der Waals surface area contributed by atoms with Gasteiger partial charge in [0.25, 0.3) is 0 Å². The predicted molar refractivity (Wildman–Crippen MR) is 74.0 cm³/mol. The summed E-state index contributed by atoms with van der Waals surface area (Å²) in [6.07, 6.45) is 8.51. The lowest BCUT2D eigenvalue weighted by molar-refractivity contribution is 0.262. The first-order valence-corrected chi connectivity index (χ1v) is 7.03. The van der Waals surface area contributed by atoms with Gasteiger partial charge in [-0.2, -0.15) is 0 Å². The van der Waals surface area contributed by atoms with E-state index in [9.17, 15) is 0 Å². The summed E-state index contributed by atoms with van der Waals surface area (Å²) in [5.41, 5.74) is 1.93. The van der Waals surface area contributed by atoms with Crippen LogP contribution in [-0.4, -0.2) is 6.54 Å². The highest BCUT2D eigenvalue weighted by atomic mass is 14.9. The SMILES string of the molecule is CC1(CNCc2ccccc2)CCCCCC1. The van der Waals surface area contributed by atoms with Crippen LogP contribution in [0.2, 0.25) is 0 Å². The number of benzene rings is 1. The normalized spacial score (nSPS) is 19.8. The van der Waals surface area contributed by atoms with Gasteiger partial charge in [-0.3, -0.25) is 0 Å². The summed E-state index contributed by atoms with van der Waals surface area (Å²) in [7, 11) is 0. The zero-order valence-electron chi connectivity index (χ0n) is 11.0. The highest BCUT2D eigenvalue weighted by Crippen LogP contribution is 2.33. The summed E-state index contributed by atoms with van der Waals surface area (Å²) >= 11 is 0. The molecule has 1 N–H and O–H groups in total. The van der Waals surface area contributed by atoms with Gasteiger partial charge in [0.05, 0.1) is 0 Å². The Bertz CT molecular complexity index is 310. The minimum Gasteiger partial charge on any atom is -0.312 e. The second kappa shape index (κ2) is 6.20. The summed E-state index contributed by atoms with van der Waals surface area (Å²) in [6.45, 7) is 4.63. The zero-order valence-corrected chi connectivity index (χ0v) is 11.0. The van der Waals surface area contributed by atoms with Crippen LogP contribution in [0.5, 0.6) is 0 Å². The maximum Gasteiger partial charge on any atom is 0.0205 e. The largest absolute Gasteiger partial charge is 0.312 e. The highest BCUT2D eigenvalue weighted by molar-refractivity contribution is 5.14. The number of hydrogen-bond acceptors (Lipinski definition) is 1. The minimum absolute atomic E-state index is 0.533. The van der Waals surface area contributed by atoms with Gasteiger partial charge < -0.3 is 5.32 Å². The van der Waals surface area contributed by atoms with Crippen LogP contribution in [0.1, 0.15) is 51.0 Å². The molecule has 0 atom stereocenters. The third kappa shape index (κ3) is 4.16. The smallest absolute Gasteiger partial charge is 0.0205 e. The van der Waals surface area contributed by atoms with Crippen molar-refractivity contribution >= 4 is 0 Å². The quantitative estimate of drug-likeness (QED) is 0.768. The third-order valence-corrected chi connectivity index (χ3v) is 4.03. The van der Waals surface area contributed by atoms with E-state index in [1.54, 1.807) is 0 Å². The molecule has 1 nitrogen and oxygen atoms in total. The Morgan fingerprint density at radius 2 is 1.65 bits per heavy atom. The second-order valence-corrected chi connectivity index (χ2v) is 5.81. The van der Waals surface area contributed by atoms with E-state index >= 15 is 0 Å². The number of rotatable bonds is 4. The number of hydrogen-bond donors (Lipinski definition) is 1. The van der Waals surface area contributed by atoms with E-state index in [-0.39, 0.29) is 0 Å². The van der Waals surface area contributed by atoms with Crippen molar-refractivity contribution in [2.24, 2.45) is 5.41 Å². The summed E-state index contributed by atoms with van der Waals surface area (Å²) < 4.78 is 0. The van der Waals surface area contributed by atoms with Gasteiger partial charge in [0.2, 0.25) is 0 Å². The van der Waals surface area contributed by atoms with Gasteiger partial charge in [-0.1, -0.05) is 62.9 Å². The number of nitrogens with one attached hydrogen (secondary N) is 1. The molecule has 0 amide bonds. The van der Waals surface area contributed by atoms with Crippen LogP contribution in [0.3, 0.4) is 0 Å². The maximum atomic E-state index is 3.64. The van der Waals surface area contributed by atoms with Crippen LogP contribution < -0.4 is 5.32 Å². The van der Waals surface area contributed by atoms with Gasteiger partial charge in [0, 0.05) is 13.1 Å². The molecule has 0 saturated heterocycles. The molecule has 94 valence electrons. The molecular formula is C16H25N. The Balaban J connectivity index is 1.77. The Labute approximate surface area is 106 Å². The highest BCUT2D eigenvalue weighted by Gasteiger charge is 2.24. The fraction of sp³-hybridized carbons (Fsp3) is 0.625. The van der Waals surface area contributed by atoms with Crippen LogP contribution in [0.15, 0.2) is 30.3 Å². The second-order valence-electron chi connectivity index (χ2n) is 5.81. The van der Waals surface area contributed by atoms with Gasteiger partial charge >= 0.3 is 0 Å². The van der Waals surface area contributed by atoms with Crippen LogP contribution in [0, 0.1) is 5.41 Å². The van der Waals surface area contributed by atoms with Crippen molar-refractivity contribution in [1.29, 1.82) is 0 Å². The zero-order chi connectivity index (χ0) is 12.0. The average molecular weight is 231 g/mol. The lowest BCUT2D eigenvalue weighted by Crippen LogP contribution is -2.31. The molecule has 1 aliphatic rings. The fourth-order valence-electron chi connectivity index (χ4n) is 2.86. The Morgan fingerprint density at radius 1 is 1.00 bits per heavy atom. The lowest BCUT2D eigenvalue weighted by atomic mass is 9.82. The molecule has 1 saturated carbocycles. The average Bonchev–Trinajstić information content (AvgIpc) is 2.56. The van der Waals surface area contributed by atoms with Crippen molar-refractivity contribution in [2.75, 3.05) is 6.54 Å². The van der Waals surface area contributed by atoms with E-state index in [4.69, 9.17) is 0 Å². The van der Waals surface area contributed by atoms with Crippen molar-refractivity contribution in [3.63, 3.8) is 0 Å². The molecule has 1 aromatic carbocycles. The predicted octanol–water partition coefficient (Wildman–Crippen LogP) is 4.14. The van der Waals surface area contributed by atoms with Crippen LogP contribution >= 0.6 is 0 Å².